The Kier molecular flexibility index (Phi) is 5.75. The summed E-state index contributed by atoms with van der Waals surface area (Å²) in [6, 6.07) is 15.3. The molecule has 25 heavy (non-hydrogen) atoms. The first-order valence-electron chi connectivity index (χ1n) is 7.95. The number of hydrogen-bond donors (Lipinski definition) is 1. The monoisotopic (exact) mass is 341 g/mol. The Morgan fingerprint density at radius 1 is 1.04 bits per heavy atom. The lowest BCUT2D eigenvalue weighted by Crippen LogP contribution is -2.37. The first-order chi connectivity index (χ1) is 11.8. The van der Waals surface area contributed by atoms with Gasteiger partial charge in [0.15, 0.2) is 5.60 Å². The molecular formula is C19H23N3O3. The third-order valence-corrected chi connectivity index (χ3v) is 3.50. The zero-order valence-electron chi connectivity index (χ0n) is 14.9. The van der Waals surface area contributed by atoms with Gasteiger partial charge in [-0.05, 0) is 55.7 Å². The lowest BCUT2D eigenvalue weighted by molar-refractivity contribution is -0.152. The summed E-state index contributed by atoms with van der Waals surface area (Å²) in [5.41, 5.74) is 1.82. The topological polar surface area (TPSA) is 74.5 Å². The van der Waals surface area contributed by atoms with Gasteiger partial charge in [0.2, 0.25) is 0 Å². The molecule has 0 unspecified atom stereocenters. The van der Waals surface area contributed by atoms with Crippen LogP contribution in [0.2, 0.25) is 0 Å². The average molecular weight is 341 g/mol. The minimum Gasteiger partial charge on any atom is -0.478 e. The van der Waals surface area contributed by atoms with Crippen LogP contribution >= 0.6 is 0 Å². The molecule has 0 radical (unpaired) electrons. The van der Waals surface area contributed by atoms with Crippen molar-refractivity contribution in [2.45, 2.75) is 25.9 Å². The summed E-state index contributed by atoms with van der Waals surface area (Å²) in [5, 5.41) is 18.8. The molecule has 6 nitrogen and oxygen atoms in total. The van der Waals surface area contributed by atoms with Gasteiger partial charge in [-0.15, -0.1) is 5.11 Å². The Bertz CT molecular complexity index is 736. The molecule has 2 aromatic rings. The van der Waals surface area contributed by atoms with E-state index >= 15 is 0 Å². The van der Waals surface area contributed by atoms with Crippen molar-refractivity contribution in [3.05, 3.63) is 59.7 Å². The van der Waals surface area contributed by atoms with Gasteiger partial charge in [-0.1, -0.05) is 29.5 Å². The molecule has 0 aliphatic rings. The van der Waals surface area contributed by atoms with Gasteiger partial charge in [0.1, 0.15) is 5.75 Å². The highest BCUT2D eigenvalue weighted by Gasteiger charge is 2.29. The number of nitrogens with zero attached hydrogens (tertiary/aromatic N) is 3. The van der Waals surface area contributed by atoms with Crippen molar-refractivity contribution in [3.8, 4) is 5.75 Å². The van der Waals surface area contributed by atoms with Crippen LogP contribution in [0, 0.1) is 0 Å². The summed E-state index contributed by atoms with van der Waals surface area (Å²) in [6.07, 6.45) is 0.772. The number of hydrogen-bond acceptors (Lipinski definition) is 4. The van der Waals surface area contributed by atoms with Crippen LogP contribution < -0.4 is 4.74 Å². The summed E-state index contributed by atoms with van der Waals surface area (Å²) < 4.78 is 5.50. The first kappa shape index (κ1) is 18.4. The lowest BCUT2D eigenvalue weighted by Gasteiger charge is -2.21. The van der Waals surface area contributed by atoms with Gasteiger partial charge in [0.25, 0.3) is 0 Å². The molecule has 0 aliphatic heterocycles. The fourth-order valence-corrected chi connectivity index (χ4v) is 2.07. The normalized spacial score (nSPS) is 11.5. The van der Waals surface area contributed by atoms with E-state index in [2.05, 4.69) is 10.3 Å². The summed E-state index contributed by atoms with van der Waals surface area (Å²) in [7, 11) is 3.64. The lowest BCUT2D eigenvalue weighted by atomic mass is 10.0. The average Bonchev–Trinajstić information content (AvgIpc) is 2.55. The summed E-state index contributed by atoms with van der Waals surface area (Å²) in [6.45, 7) is 3.05. The van der Waals surface area contributed by atoms with E-state index in [4.69, 9.17) is 9.84 Å². The van der Waals surface area contributed by atoms with Gasteiger partial charge < -0.3 is 9.84 Å². The number of benzene rings is 2. The van der Waals surface area contributed by atoms with E-state index in [1.165, 1.54) is 13.8 Å². The van der Waals surface area contributed by atoms with Crippen molar-refractivity contribution in [1.82, 2.24) is 5.01 Å². The molecule has 2 aromatic carbocycles. The Morgan fingerprint density at radius 2 is 1.56 bits per heavy atom. The molecule has 0 heterocycles. The summed E-state index contributed by atoms with van der Waals surface area (Å²) in [5.74, 6) is -0.460. The van der Waals surface area contributed by atoms with Gasteiger partial charge in [-0.25, -0.2) is 4.79 Å². The van der Waals surface area contributed by atoms with Crippen LogP contribution in [0.25, 0.3) is 0 Å². The minimum absolute atomic E-state index is 0.538. The third-order valence-electron chi connectivity index (χ3n) is 3.50. The maximum atomic E-state index is 11.1. The second kappa shape index (κ2) is 7.79. The van der Waals surface area contributed by atoms with Crippen LogP contribution in [0.1, 0.15) is 25.0 Å². The van der Waals surface area contributed by atoms with Crippen molar-refractivity contribution >= 4 is 11.7 Å². The Hall–Kier alpha value is -2.89. The van der Waals surface area contributed by atoms with Crippen LogP contribution in [0.4, 0.5) is 5.69 Å². The highest BCUT2D eigenvalue weighted by molar-refractivity contribution is 5.76. The summed E-state index contributed by atoms with van der Waals surface area (Å²) in [4.78, 5) is 11.1. The molecule has 0 atom stereocenters. The second-order valence-corrected chi connectivity index (χ2v) is 6.44. The van der Waals surface area contributed by atoms with Crippen molar-refractivity contribution < 1.29 is 14.6 Å². The highest BCUT2D eigenvalue weighted by Crippen LogP contribution is 2.21. The van der Waals surface area contributed by atoms with E-state index < -0.39 is 11.6 Å². The number of carboxylic acids is 1. The highest BCUT2D eigenvalue weighted by atomic mass is 16.5. The van der Waals surface area contributed by atoms with Crippen LogP contribution in [0.15, 0.2) is 58.9 Å². The van der Waals surface area contributed by atoms with Gasteiger partial charge in [0, 0.05) is 14.1 Å². The number of carboxylic acid groups (broad SMARTS) is 1. The number of ether oxygens (including phenoxy) is 1. The first-order valence-corrected chi connectivity index (χ1v) is 7.95. The van der Waals surface area contributed by atoms with Crippen molar-refractivity contribution in [2.75, 3.05) is 14.1 Å². The molecule has 6 heteroatoms. The molecule has 132 valence electrons. The molecule has 0 saturated heterocycles. The van der Waals surface area contributed by atoms with Crippen LogP contribution in [-0.2, 0) is 11.2 Å². The van der Waals surface area contributed by atoms with Crippen molar-refractivity contribution in [2.24, 2.45) is 10.3 Å². The van der Waals surface area contributed by atoms with Gasteiger partial charge in [-0.2, -0.15) is 0 Å². The fourth-order valence-electron chi connectivity index (χ4n) is 2.07. The van der Waals surface area contributed by atoms with E-state index in [0.29, 0.717) is 5.75 Å². The largest absolute Gasteiger partial charge is 0.478 e. The van der Waals surface area contributed by atoms with E-state index in [9.17, 15) is 4.79 Å². The number of carbonyl (C=O) groups is 1. The predicted molar refractivity (Wildman–Crippen MR) is 96.2 cm³/mol. The van der Waals surface area contributed by atoms with E-state index in [0.717, 1.165) is 23.2 Å². The standard InChI is InChI=1S/C19H23N3O3/c1-19(2,18(23)24)25-17-11-7-15(8-12-17)13-14-5-9-16(10-6-14)20-21-22(3)4/h5-12H,13H2,1-4H3,(H,23,24). The fraction of sp³-hybridized carbons (Fsp3) is 0.316. The minimum atomic E-state index is -1.25. The third kappa shape index (κ3) is 5.60. The van der Waals surface area contributed by atoms with E-state index in [1.54, 1.807) is 17.1 Å². The zero-order valence-corrected chi connectivity index (χ0v) is 14.9. The van der Waals surface area contributed by atoms with E-state index in [1.807, 2.05) is 50.5 Å². The molecule has 0 fully saturated rings. The molecule has 0 amide bonds. The predicted octanol–water partition coefficient (Wildman–Crippen LogP) is 4.08. The number of aliphatic carboxylic acids is 1. The maximum Gasteiger partial charge on any atom is 0.347 e. The van der Waals surface area contributed by atoms with Crippen LogP contribution in [0.3, 0.4) is 0 Å². The van der Waals surface area contributed by atoms with Crippen LogP contribution in [0.5, 0.6) is 5.75 Å². The Morgan fingerprint density at radius 3 is 2.04 bits per heavy atom. The van der Waals surface area contributed by atoms with Gasteiger partial charge in [0.05, 0.1) is 5.69 Å². The molecule has 0 aliphatic carbocycles. The molecule has 0 saturated carbocycles. The van der Waals surface area contributed by atoms with Crippen molar-refractivity contribution in [3.63, 3.8) is 0 Å². The molecule has 0 bridgehead atoms. The van der Waals surface area contributed by atoms with Gasteiger partial charge in [-0.3, -0.25) is 5.01 Å². The molecular weight excluding hydrogens is 318 g/mol. The maximum absolute atomic E-state index is 11.1. The molecule has 2 rings (SSSR count). The summed E-state index contributed by atoms with van der Waals surface area (Å²) >= 11 is 0. The smallest absolute Gasteiger partial charge is 0.347 e. The second-order valence-electron chi connectivity index (χ2n) is 6.44. The van der Waals surface area contributed by atoms with Gasteiger partial charge >= 0.3 is 5.97 Å². The van der Waals surface area contributed by atoms with E-state index in [-0.39, 0.29) is 0 Å². The molecule has 0 aromatic heterocycles. The SMILES string of the molecule is CN(C)N=Nc1ccc(Cc2ccc(OC(C)(C)C(=O)O)cc2)cc1. The van der Waals surface area contributed by atoms with Crippen LogP contribution in [-0.4, -0.2) is 35.8 Å². The zero-order chi connectivity index (χ0) is 18.4. The quantitative estimate of drug-likeness (QED) is 0.608. The number of rotatable bonds is 7. The molecule has 1 N–H and O–H groups in total. The Balaban J connectivity index is 2.00. The van der Waals surface area contributed by atoms with Crippen molar-refractivity contribution in [1.29, 1.82) is 0 Å². The Labute approximate surface area is 147 Å². The molecule has 0 spiro atoms.